The molecule has 1 aromatic heterocycles. The SMILES string of the molecule is CS(=O)(=O)c1cccc2c1CCC2N(C(=O)c1ccc[nH]c1=O)c1ccc(Cl)cc1. The van der Waals surface area contributed by atoms with Gasteiger partial charge in [-0.1, -0.05) is 23.7 Å². The molecule has 3 aromatic rings. The van der Waals surface area contributed by atoms with Crippen LogP contribution in [0.5, 0.6) is 0 Å². The number of fused-ring (bicyclic) bond motifs is 1. The first kappa shape index (κ1) is 20.4. The molecule has 1 N–H and O–H groups in total. The molecule has 0 bridgehead atoms. The summed E-state index contributed by atoms with van der Waals surface area (Å²) in [4.78, 5) is 30.1. The molecule has 0 saturated heterocycles. The van der Waals surface area contributed by atoms with Crippen molar-refractivity contribution < 1.29 is 13.2 Å². The van der Waals surface area contributed by atoms with Crippen LogP contribution in [0.4, 0.5) is 5.69 Å². The van der Waals surface area contributed by atoms with Crippen LogP contribution in [0.3, 0.4) is 0 Å². The number of benzene rings is 2. The number of rotatable bonds is 4. The van der Waals surface area contributed by atoms with Crippen LogP contribution in [0, 0.1) is 0 Å². The smallest absolute Gasteiger partial charge is 0.264 e. The van der Waals surface area contributed by atoms with Crippen molar-refractivity contribution in [3.8, 4) is 0 Å². The molecule has 4 rings (SSSR count). The molecule has 1 atom stereocenters. The molecule has 1 aliphatic carbocycles. The second-order valence-corrected chi connectivity index (χ2v) is 9.64. The zero-order chi connectivity index (χ0) is 21.5. The number of nitrogens with zero attached hydrogens (tertiary/aromatic N) is 1. The van der Waals surface area contributed by atoms with Gasteiger partial charge in [0.1, 0.15) is 5.56 Å². The number of carbonyl (C=O) groups excluding carboxylic acids is 1. The minimum absolute atomic E-state index is 0.0140. The minimum Gasteiger partial charge on any atom is -0.328 e. The summed E-state index contributed by atoms with van der Waals surface area (Å²) in [6, 6.07) is 14.6. The van der Waals surface area contributed by atoms with Crippen molar-refractivity contribution in [2.24, 2.45) is 0 Å². The van der Waals surface area contributed by atoms with Crippen molar-refractivity contribution in [3.63, 3.8) is 0 Å². The van der Waals surface area contributed by atoms with E-state index in [1.165, 1.54) is 18.5 Å². The van der Waals surface area contributed by atoms with Crippen LogP contribution in [-0.2, 0) is 16.3 Å². The summed E-state index contributed by atoms with van der Waals surface area (Å²) in [6.07, 6.45) is 3.71. The Morgan fingerprint density at radius 1 is 1.10 bits per heavy atom. The number of anilines is 1. The van der Waals surface area contributed by atoms with Crippen LogP contribution in [0.25, 0.3) is 0 Å². The Labute approximate surface area is 179 Å². The van der Waals surface area contributed by atoms with Crippen molar-refractivity contribution in [1.29, 1.82) is 0 Å². The molecular formula is C22H19ClN2O4S. The number of hydrogen-bond acceptors (Lipinski definition) is 4. The maximum Gasteiger partial charge on any atom is 0.264 e. The number of pyridine rings is 1. The lowest BCUT2D eigenvalue weighted by atomic mass is 10.0. The third kappa shape index (κ3) is 3.66. The van der Waals surface area contributed by atoms with Gasteiger partial charge in [0.25, 0.3) is 11.5 Å². The van der Waals surface area contributed by atoms with Crippen LogP contribution < -0.4 is 10.5 Å². The first-order chi connectivity index (χ1) is 14.3. The highest BCUT2D eigenvalue weighted by molar-refractivity contribution is 7.90. The van der Waals surface area contributed by atoms with Crippen LogP contribution in [0.15, 0.2) is 70.5 Å². The largest absolute Gasteiger partial charge is 0.328 e. The zero-order valence-electron chi connectivity index (χ0n) is 16.1. The summed E-state index contributed by atoms with van der Waals surface area (Å²) in [5, 5.41) is 0.523. The zero-order valence-corrected chi connectivity index (χ0v) is 17.7. The van der Waals surface area contributed by atoms with E-state index in [0.717, 1.165) is 11.1 Å². The molecule has 1 aliphatic rings. The molecule has 1 amide bonds. The van der Waals surface area contributed by atoms with Gasteiger partial charge in [-0.25, -0.2) is 8.42 Å². The van der Waals surface area contributed by atoms with Gasteiger partial charge in [0.2, 0.25) is 0 Å². The molecule has 1 unspecified atom stereocenters. The van der Waals surface area contributed by atoms with Gasteiger partial charge in [0, 0.05) is 23.2 Å². The summed E-state index contributed by atoms with van der Waals surface area (Å²) >= 11 is 6.02. The van der Waals surface area contributed by atoms with Gasteiger partial charge in [-0.3, -0.25) is 9.59 Å². The summed E-state index contributed by atoms with van der Waals surface area (Å²) in [5.41, 5.74) is 1.60. The van der Waals surface area contributed by atoms with Gasteiger partial charge < -0.3 is 9.88 Å². The van der Waals surface area contributed by atoms with E-state index in [1.54, 1.807) is 47.4 Å². The second-order valence-electron chi connectivity index (χ2n) is 7.22. The Kier molecular flexibility index (Phi) is 5.26. The molecule has 0 aliphatic heterocycles. The van der Waals surface area contributed by atoms with E-state index >= 15 is 0 Å². The molecule has 2 aromatic carbocycles. The highest BCUT2D eigenvalue weighted by Crippen LogP contribution is 2.41. The fraction of sp³-hybridized carbons (Fsp3) is 0.182. The number of hydrogen-bond donors (Lipinski definition) is 1. The highest BCUT2D eigenvalue weighted by atomic mass is 35.5. The van der Waals surface area contributed by atoms with Crippen LogP contribution in [0.1, 0.15) is 33.9 Å². The van der Waals surface area contributed by atoms with E-state index in [-0.39, 0.29) is 10.5 Å². The molecular weight excluding hydrogens is 424 g/mol. The predicted molar refractivity (Wildman–Crippen MR) is 116 cm³/mol. The van der Waals surface area contributed by atoms with E-state index in [2.05, 4.69) is 4.98 Å². The fourth-order valence-corrected chi connectivity index (χ4v) is 5.09. The number of halogens is 1. The van der Waals surface area contributed by atoms with Gasteiger partial charge in [0.05, 0.1) is 10.9 Å². The van der Waals surface area contributed by atoms with Crippen molar-refractivity contribution in [1.82, 2.24) is 4.98 Å². The highest BCUT2D eigenvalue weighted by Gasteiger charge is 2.35. The monoisotopic (exact) mass is 442 g/mol. The summed E-state index contributed by atoms with van der Waals surface area (Å²) < 4.78 is 24.5. The molecule has 0 saturated carbocycles. The lowest BCUT2D eigenvalue weighted by Crippen LogP contribution is -2.37. The molecule has 154 valence electrons. The van der Waals surface area contributed by atoms with E-state index in [9.17, 15) is 18.0 Å². The fourth-order valence-electron chi connectivity index (χ4n) is 3.97. The predicted octanol–water partition coefficient (Wildman–Crippen LogP) is 3.77. The van der Waals surface area contributed by atoms with Crippen LogP contribution >= 0.6 is 11.6 Å². The molecule has 6 nitrogen and oxygen atoms in total. The first-order valence-electron chi connectivity index (χ1n) is 9.36. The molecule has 1 heterocycles. The summed E-state index contributed by atoms with van der Waals surface area (Å²) in [6.45, 7) is 0. The molecule has 0 fully saturated rings. The number of H-pyrrole nitrogens is 1. The van der Waals surface area contributed by atoms with Crippen molar-refractivity contribution in [2.75, 3.05) is 11.2 Å². The number of aromatic amines is 1. The minimum atomic E-state index is -3.40. The van der Waals surface area contributed by atoms with Gasteiger partial charge in [-0.2, -0.15) is 0 Å². The maximum absolute atomic E-state index is 13.5. The third-order valence-electron chi connectivity index (χ3n) is 5.28. The number of aromatic nitrogens is 1. The lowest BCUT2D eigenvalue weighted by molar-refractivity contribution is 0.0974. The Morgan fingerprint density at radius 3 is 2.50 bits per heavy atom. The topological polar surface area (TPSA) is 87.3 Å². The molecule has 30 heavy (non-hydrogen) atoms. The number of amides is 1. The summed E-state index contributed by atoms with van der Waals surface area (Å²) in [7, 11) is -3.40. The van der Waals surface area contributed by atoms with Gasteiger partial charge in [-0.05, 0) is 66.4 Å². The number of carbonyl (C=O) groups is 1. The number of sulfone groups is 1. The molecule has 8 heteroatoms. The van der Waals surface area contributed by atoms with E-state index < -0.39 is 27.3 Å². The Bertz CT molecular complexity index is 1280. The van der Waals surface area contributed by atoms with Crippen molar-refractivity contribution in [2.45, 2.75) is 23.8 Å². The van der Waals surface area contributed by atoms with Crippen LogP contribution in [-0.4, -0.2) is 25.6 Å². The van der Waals surface area contributed by atoms with Crippen LogP contribution in [0.2, 0.25) is 5.02 Å². The quantitative estimate of drug-likeness (QED) is 0.666. The van der Waals surface area contributed by atoms with E-state index in [1.807, 2.05) is 6.07 Å². The van der Waals surface area contributed by atoms with E-state index in [4.69, 9.17) is 11.6 Å². The number of nitrogens with one attached hydrogen (secondary N) is 1. The Balaban J connectivity index is 1.87. The second kappa shape index (κ2) is 7.74. The van der Waals surface area contributed by atoms with Gasteiger partial charge >= 0.3 is 0 Å². The van der Waals surface area contributed by atoms with Crippen molar-refractivity contribution >= 4 is 33.0 Å². The summed E-state index contributed by atoms with van der Waals surface area (Å²) in [5.74, 6) is -0.457. The third-order valence-corrected chi connectivity index (χ3v) is 6.71. The first-order valence-corrected chi connectivity index (χ1v) is 11.6. The normalized spacial score (nSPS) is 15.6. The van der Waals surface area contributed by atoms with Crippen molar-refractivity contribution in [3.05, 3.63) is 92.9 Å². The average molecular weight is 443 g/mol. The Hall–Kier alpha value is -2.90. The lowest BCUT2D eigenvalue weighted by Gasteiger charge is -2.30. The average Bonchev–Trinajstić information content (AvgIpc) is 3.13. The van der Waals surface area contributed by atoms with Gasteiger partial charge in [-0.15, -0.1) is 0 Å². The molecule has 0 spiro atoms. The standard InChI is InChI=1S/C22H19ClN2O4S/c1-30(28,29)20-6-2-4-16-17(20)11-12-19(16)25(15-9-7-14(23)8-10-15)22(27)18-5-3-13-24-21(18)26/h2-10,13,19H,11-12H2,1H3,(H,24,26). The Morgan fingerprint density at radius 2 is 1.83 bits per heavy atom. The molecule has 0 radical (unpaired) electrons. The van der Waals surface area contributed by atoms with E-state index in [0.29, 0.717) is 23.6 Å². The maximum atomic E-state index is 13.5. The van der Waals surface area contributed by atoms with Gasteiger partial charge in [0.15, 0.2) is 9.84 Å².